The number of carbonyl (C=O) groups is 2. The second-order valence-electron chi connectivity index (χ2n) is 6.32. The first kappa shape index (κ1) is 17.3. The van der Waals surface area contributed by atoms with E-state index < -0.39 is 0 Å². The molecule has 0 saturated carbocycles. The van der Waals surface area contributed by atoms with Crippen LogP contribution in [-0.4, -0.2) is 47.9 Å². The fraction of sp³-hybridized carbons (Fsp3) is 0.350. The molecule has 0 spiro atoms. The summed E-state index contributed by atoms with van der Waals surface area (Å²) in [5, 5.41) is 0. The number of benzene rings is 1. The maximum atomic E-state index is 12.6. The predicted molar refractivity (Wildman–Crippen MR) is 95.6 cm³/mol. The molecule has 25 heavy (non-hydrogen) atoms. The smallest absolute Gasteiger partial charge is 0.253 e. The van der Waals surface area contributed by atoms with Gasteiger partial charge in [0.15, 0.2) is 5.78 Å². The van der Waals surface area contributed by atoms with E-state index in [0.29, 0.717) is 17.7 Å². The highest BCUT2D eigenvalue weighted by Crippen LogP contribution is 2.20. The molecular formula is C20H22N2O3. The Kier molecular flexibility index (Phi) is 5.24. The summed E-state index contributed by atoms with van der Waals surface area (Å²) < 4.78 is 5.38. The maximum absolute atomic E-state index is 12.6. The van der Waals surface area contributed by atoms with Gasteiger partial charge in [-0.2, -0.15) is 0 Å². The fourth-order valence-corrected chi connectivity index (χ4v) is 3.05. The molecule has 1 aromatic carbocycles. The number of aromatic nitrogens is 1. The molecular weight excluding hydrogens is 316 g/mol. The molecule has 5 nitrogen and oxygen atoms in total. The molecule has 5 heteroatoms. The summed E-state index contributed by atoms with van der Waals surface area (Å²) in [4.78, 5) is 30.1. The van der Waals surface area contributed by atoms with Gasteiger partial charge in [0.05, 0.1) is 11.8 Å². The standard InChI is InChI=1S/C20H22N2O3/c1-14(23)17-9-10-19(21-12-17)15-5-7-16(8-6-15)20(24)22-11-3-4-18(13-22)25-2/h5-10,12,18H,3-4,11,13H2,1-2H3/t18-/m1/s1. The van der Waals surface area contributed by atoms with Crippen molar-refractivity contribution in [1.29, 1.82) is 0 Å². The molecule has 3 rings (SSSR count). The van der Waals surface area contributed by atoms with Gasteiger partial charge in [-0.3, -0.25) is 14.6 Å². The first-order valence-electron chi connectivity index (χ1n) is 8.48. The topological polar surface area (TPSA) is 59.5 Å². The van der Waals surface area contributed by atoms with Crippen molar-refractivity contribution in [2.24, 2.45) is 0 Å². The molecule has 1 aliphatic rings. The zero-order valence-electron chi connectivity index (χ0n) is 14.6. The highest BCUT2D eigenvalue weighted by atomic mass is 16.5. The van der Waals surface area contributed by atoms with Gasteiger partial charge in [-0.15, -0.1) is 0 Å². The Bertz CT molecular complexity index is 754. The van der Waals surface area contributed by atoms with E-state index in [0.717, 1.165) is 30.6 Å². The summed E-state index contributed by atoms with van der Waals surface area (Å²) in [5.41, 5.74) is 2.95. The average Bonchev–Trinajstić information content (AvgIpc) is 2.67. The second kappa shape index (κ2) is 7.57. The lowest BCUT2D eigenvalue weighted by atomic mass is 10.0. The number of pyridine rings is 1. The van der Waals surface area contributed by atoms with Crippen molar-refractivity contribution in [3.05, 3.63) is 53.7 Å². The van der Waals surface area contributed by atoms with E-state index in [4.69, 9.17) is 4.74 Å². The predicted octanol–water partition coefficient (Wildman–Crippen LogP) is 3.20. The SMILES string of the molecule is CO[C@@H]1CCCN(C(=O)c2ccc(-c3ccc(C(C)=O)cn3)cc2)C1. The van der Waals surface area contributed by atoms with Gasteiger partial charge in [-0.25, -0.2) is 0 Å². The van der Waals surface area contributed by atoms with Crippen LogP contribution in [0.15, 0.2) is 42.6 Å². The van der Waals surface area contributed by atoms with Crippen LogP contribution in [0.3, 0.4) is 0 Å². The van der Waals surface area contributed by atoms with E-state index in [1.54, 1.807) is 19.4 Å². The molecule has 1 saturated heterocycles. The van der Waals surface area contributed by atoms with Gasteiger partial charge in [-0.1, -0.05) is 12.1 Å². The van der Waals surface area contributed by atoms with Crippen LogP contribution in [-0.2, 0) is 4.74 Å². The Morgan fingerprint density at radius 2 is 1.84 bits per heavy atom. The molecule has 130 valence electrons. The maximum Gasteiger partial charge on any atom is 0.253 e. The second-order valence-corrected chi connectivity index (χ2v) is 6.32. The van der Waals surface area contributed by atoms with Gasteiger partial charge in [0.2, 0.25) is 0 Å². The number of nitrogens with zero attached hydrogens (tertiary/aromatic N) is 2. The molecule has 1 aromatic heterocycles. The average molecular weight is 338 g/mol. The molecule has 1 atom stereocenters. The number of hydrogen-bond acceptors (Lipinski definition) is 4. The van der Waals surface area contributed by atoms with Crippen molar-refractivity contribution >= 4 is 11.7 Å². The van der Waals surface area contributed by atoms with Crippen molar-refractivity contribution in [1.82, 2.24) is 9.88 Å². The van der Waals surface area contributed by atoms with E-state index in [-0.39, 0.29) is 17.8 Å². The van der Waals surface area contributed by atoms with Crippen LogP contribution in [0.1, 0.15) is 40.5 Å². The van der Waals surface area contributed by atoms with E-state index in [1.807, 2.05) is 35.2 Å². The Hall–Kier alpha value is -2.53. The summed E-state index contributed by atoms with van der Waals surface area (Å²) in [6, 6.07) is 11.0. The number of piperidine rings is 1. The quantitative estimate of drug-likeness (QED) is 0.803. The number of Topliss-reactive ketones (excluding diaryl/α,β-unsaturated/α-hetero) is 1. The lowest BCUT2D eigenvalue weighted by Crippen LogP contribution is -2.42. The summed E-state index contributed by atoms with van der Waals surface area (Å²) in [7, 11) is 1.69. The molecule has 2 aromatic rings. The lowest BCUT2D eigenvalue weighted by Gasteiger charge is -2.32. The minimum atomic E-state index is -0.00381. The summed E-state index contributed by atoms with van der Waals surface area (Å²) in [5.74, 6) is 0.0316. The molecule has 2 heterocycles. The molecule has 0 bridgehead atoms. The Balaban J connectivity index is 1.73. The molecule has 0 aliphatic carbocycles. The molecule has 1 fully saturated rings. The van der Waals surface area contributed by atoms with E-state index in [1.165, 1.54) is 6.92 Å². The van der Waals surface area contributed by atoms with Crippen LogP contribution in [0, 0.1) is 0 Å². The zero-order chi connectivity index (χ0) is 17.8. The van der Waals surface area contributed by atoms with Gasteiger partial charge in [0, 0.05) is 43.1 Å². The number of carbonyl (C=O) groups excluding carboxylic acids is 2. The van der Waals surface area contributed by atoms with Gasteiger partial charge in [0.25, 0.3) is 5.91 Å². The number of methoxy groups -OCH3 is 1. The zero-order valence-corrected chi connectivity index (χ0v) is 14.6. The summed E-state index contributed by atoms with van der Waals surface area (Å²) in [6.45, 7) is 2.94. The van der Waals surface area contributed by atoms with Crippen molar-refractivity contribution < 1.29 is 14.3 Å². The van der Waals surface area contributed by atoms with Crippen LogP contribution in [0.4, 0.5) is 0 Å². The Morgan fingerprint density at radius 3 is 2.44 bits per heavy atom. The van der Waals surface area contributed by atoms with Crippen LogP contribution in [0.2, 0.25) is 0 Å². The third kappa shape index (κ3) is 3.94. The van der Waals surface area contributed by atoms with E-state index in [2.05, 4.69) is 4.98 Å². The van der Waals surface area contributed by atoms with E-state index in [9.17, 15) is 9.59 Å². The van der Waals surface area contributed by atoms with Crippen LogP contribution < -0.4 is 0 Å². The number of ketones is 1. The van der Waals surface area contributed by atoms with Gasteiger partial charge in [-0.05, 0) is 44.0 Å². The number of rotatable bonds is 4. The molecule has 0 unspecified atom stereocenters. The highest BCUT2D eigenvalue weighted by molar-refractivity contribution is 5.95. The Labute approximate surface area is 147 Å². The summed E-state index contributed by atoms with van der Waals surface area (Å²) in [6.07, 6.45) is 3.67. The van der Waals surface area contributed by atoms with Crippen molar-refractivity contribution in [2.75, 3.05) is 20.2 Å². The minimum Gasteiger partial charge on any atom is -0.380 e. The molecule has 1 amide bonds. The minimum absolute atomic E-state index is 0.00381. The fourth-order valence-electron chi connectivity index (χ4n) is 3.05. The normalized spacial score (nSPS) is 17.4. The largest absolute Gasteiger partial charge is 0.380 e. The number of amides is 1. The third-order valence-electron chi connectivity index (χ3n) is 4.60. The molecule has 1 aliphatic heterocycles. The van der Waals surface area contributed by atoms with Crippen molar-refractivity contribution in [2.45, 2.75) is 25.9 Å². The Morgan fingerprint density at radius 1 is 1.12 bits per heavy atom. The van der Waals surface area contributed by atoms with Crippen LogP contribution in [0.5, 0.6) is 0 Å². The number of ether oxygens (including phenoxy) is 1. The molecule has 0 radical (unpaired) electrons. The third-order valence-corrected chi connectivity index (χ3v) is 4.60. The van der Waals surface area contributed by atoms with Gasteiger partial charge in [0.1, 0.15) is 0 Å². The number of likely N-dealkylation sites (tertiary alicyclic amines) is 1. The van der Waals surface area contributed by atoms with E-state index >= 15 is 0 Å². The van der Waals surface area contributed by atoms with Gasteiger partial charge >= 0.3 is 0 Å². The lowest BCUT2D eigenvalue weighted by molar-refractivity contribution is 0.0269. The monoisotopic (exact) mass is 338 g/mol. The van der Waals surface area contributed by atoms with Crippen molar-refractivity contribution in [3.63, 3.8) is 0 Å². The molecule has 0 N–H and O–H groups in total. The first-order chi connectivity index (χ1) is 12.1. The van der Waals surface area contributed by atoms with Crippen molar-refractivity contribution in [3.8, 4) is 11.3 Å². The first-order valence-corrected chi connectivity index (χ1v) is 8.48. The van der Waals surface area contributed by atoms with Crippen LogP contribution >= 0.6 is 0 Å². The van der Waals surface area contributed by atoms with Crippen LogP contribution in [0.25, 0.3) is 11.3 Å². The van der Waals surface area contributed by atoms with Gasteiger partial charge < -0.3 is 9.64 Å². The summed E-state index contributed by atoms with van der Waals surface area (Å²) >= 11 is 0. The highest BCUT2D eigenvalue weighted by Gasteiger charge is 2.24. The number of hydrogen-bond donors (Lipinski definition) is 0.